The highest BCUT2D eigenvalue weighted by Gasteiger charge is 2.35. The van der Waals surface area contributed by atoms with Crippen molar-refractivity contribution in [2.45, 2.75) is 79.6 Å². The Morgan fingerprint density at radius 1 is 1.10 bits per heavy atom. The zero-order chi connectivity index (χ0) is 21.6. The Bertz CT molecular complexity index is 742. The molecule has 1 saturated carbocycles. The van der Waals surface area contributed by atoms with Crippen LogP contribution in [0, 0.1) is 24.2 Å². The van der Waals surface area contributed by atoms with Crippen LogP contribution in [0.15, 0.2) is 72.4 Å². The number of hydrogen-bond acceptors (Lipinski definition) is 0. The third-order valence-corrected chi connectivity index (χ3v) is 6.37. The normalized spacial score (nSPS) is 21.1. The van der Waals surface area contributed by atoms with Crippen LogP contribution in [-0.4, -0.2) is 0 Å². The van der Waals surface area contributed by atoms with Gasteiger partial charge in [-0.2, -0.15) is 0 Å². The van der Waals surface area contributed by atoms with Crippen molar-refractivity contribution in [2.24, 2.45) is 17.3 Å². The van der Waals surface area contributed by atoms with Gasteiger partial charge in [-0.1, -0.05) is 100 Å². The summed E-state index contributed by atoms with van der Waals surface area (Å²) in [6.07, 6.45) is 13.0. The van der Waals surface area contributed by atoms with Crippen molar-refractivity contribution in [1.82, 2.24) is 0 Å². The Balaban J connectivity index is 1.85. The highest BCUT2D eigenvalue weighted by Crippen LogP contribution is 2.48. The quantitative estimate of drug-likeness (QED) is 0.291. The Kier molecular flexibility index (Phi) is 8.32. The molecule has 0 heterocycles. The molecule has 2 rings (SSSR count). The minimum absolute atomic E-state index is 0.196. The van der Waals surface area contributed by atoms with E-state index in [0.29, 0.717) is 5.92 Å². The molecule has 0 bridgehead atoms. The van der Waals surface area contributed by atoms with Gasteiger partial charge in [0, 0.05) is 5.92 Å². The van der Waals surface area contributed by atoms with E-state index >= 15 is 0 Å². The lowest BCUT2D eigenvalue weighted by Gasteiger charge is -2.41. The molecule has 1 aromatic rings. The van der Waals surface area contributed by atoms with E-state index < -0.39 is 0 Å². The van der Waals surface area contributed by atoms with Gasteiger partial charge >= 0.3 is 0 Å². The van der Waals surface area contributed by atoms with E-state index in [0.717, 1.165) is 24.7 Å². The maximum atomic E-state index is 4.31. The minimum Gasteiger partial charge on any atom is -0.0995 e. The van der Waals surface area contributed by atoms with Gasteiger partial charge in [0.1, 0.15) is 0 Å². The smallest absolute Gasteiger partial charge is 0.00711 e. The van der Waals surface area contributed by atoms with Crippen LogP contribution in [0.3, 0.4) is 0 Å². The highest BCUT2D eigenvalue weighted by molar-refractivity contribution is 5.32. The van der Waals surface area contributed by atoms with E-state index in [9.17, 15) is 0 Å². The summed E-state index contributed by atoms with van der Waals surface area (Å²) >= 11 is 0. The Morgan fingerprint density at radius 3 is 2.24 bits per heavy atom. The fourth-order valence-electron chi connectivity index (χ4n) is 4.55. The summed E-state index contributed by atoms with van der Waals surface area (Å²) < 4.78 is 0. The lowest BCUT2D eigenvalue weighted by molar-refractivity contribution is 0.163. The molecule has 29 heavy (non-hydrogen) atoms. The van der Waals surface area contributed by atoms with E-state index in [1.54, 1.807) is 0 Å². The summed E-state index contributed by atoms with van der Waals surface area (Å²) in [6.45, 7) is 22.0. The maximum absolute atomic E-state index is 4.31. The third kappa shape index (κ3) is 6.88. The van der Waals surface area contributed by atoms with Crippen LogP contribution < -0.4 is 0 Å². The zero-order valence-electron chi connectivity index (χ0n) is 19.7. The predicted octanol–water partition coefficient (Wildman–Crippen LogP) is 8.96. The maximum Gasteiger partial charge on any atom is 0.00711 e. The molecule has 0 amide bonds. The van der Waals surface area contributed by atoms with Crippen LogP contribution in [-0.2, 0) is 0 Å². The summed E-state index contributed by atoms with van der Waals surface area (Å²) in [5.41, 5.74) is 6.94. The second kappa shape index (κ2) is 10.3. The molecule has 0 aromatic heterocycles. The lowest BCUT2D eigenvalue weighted by atomic mass is 9.63. The minimum atomic E-state index is 0.196. The molecule has 0 nitrogen and oxygen atoms in total. The molecule has 158 valence electrons. The average Bonchev–Trinajstić information content (AvgIpc) is 2.60. The Labute approximate surface area is 180 Å². The lowest BCUT2D eigenvalue weighted by Crippen LogP contribution is -2.29. The molecule has 1 unspecified atom stereocenters. The van der Waals surface area contributed by atoms with Crippen LogP contribution in [0.4, 0.5) is 0 Å². The van der Waals surface area contributed by atoms with E-state index in [2.05, 4.69) is 97.2 Å². The first-order chi connectivity index (χ1) is 13.6. The summed E-state index contributed by atoms with van der Waals surface area (Å²) in [5.74, 6) is 2.11. The molecule has 1 aromatic carbocycles. The van der Waals surface area contributed by atoms with Crippen molar-refractivity contribution >= 4 is 0 Å². The molecular weight excluding hydrogens is 348 g/mol. The van der Waals surface area contributed by atoms with E-state index in [1.807, 2.05) is 0 Å². The second-order valence-electron chi connectivity index (χ2n) is 10.2. The van der Waals surface area contributed by atoms with Crippen molar-refractivity contribution in [3.8, 4) is 0 Å². The molecule has 1 aliphatic rings. The van der Waals surface area contributed by atoms with Gasteiger partial charge in [0.15, 0.2) is 0 Å². The standard InChI is InChI=1S/C29H42/c1-9-10-27(29(6,7)8)18-14-22(4)11-15-24-19-26(20-24)28(21(2)3)25-16-12-23(5)13-17-25/h10,12-14,16-18,24,26,28H,2,4,9,11,15,19-20H2,1,3,5-8H3/b18-14-,27-10+. The third-order valence-electron chi connectivity index (χ3n) is 6.37. The highest BCUT2D eigenvalue weighted by atomic mass is 14.4. The van der Waals surface area contributed by atoms with Crippen LogP contribution in [0.2, 0.25) is 0 Å². The first-order valence-electron chi connectivity index (χ1n) is 11.4. The number of hydrogen-bond donors (Lipinski definition) is 0. The Hall–Kier alpha value is -1.82. The van der Waals surface area contributed by atoms with E-state index in [-0.39, 0.29) is 5.41 Å². The van der Waals surface area contributed by atoms with Gasteiger partial charge in [0.25, 0.3) is 0 Å². The van der Waals surface area contributed by atoms with Crippen LogP contribution in [0.5, 0.6) is 0 Å². The number of benzene rings is 1. The van der Waals surface area contributed by atoms with Gasteiger partial charge < -0.3 is 0 Å². The summed E-state index contributed by atoms with van der Waals surface area (Å²) in [5, 5.41) is 0. The molecular formula is C29H42. The molecule has 0 spiro atoms. The summed E-state index contributed by atoms with van der Waals surface area (Å²) in [7, 11) is 0. The first kappa shape index (κ1) is 23.5. The fraction of sp³-hybridized carbons (Fsp3) is 0.517. The molecule has 0 saturated heterocycles. The SMILES string of the molecule is C=C(/C=C\C(=C/CC)C(C)(C)C)CCC1CC(C(C(=C)C)c2ccc(C)cc2)C1. The van der Waals surface area contributed by atoms with Crippen LogP contribution in [0.25, 0.3) is 0 Å². The van der Waals surface area contributed by atoms with Gasteiger partial charge in [-0.25, -0.2) is 0 Å². The van der Waals surface area contributed by atoms with E-state index in [1.165, 1.54) is 47.1 Å². The molecule has 0 radical (unpaired) electrons. The molecule has 0 heteroatoms. The largest absolute Gasteiger partial charge is 0.0995 e. The molecule has 0 N–H and O–H groups in total. The van der Waals surface area contributed by atoms with E-state index in [4.69, 9.17) is 0 Å². The fourth-order valence-corrected chi connectivity index (χ4v) is 4.55. The second-order valence-corrected chi connectivity index (χ2v) is 10.2. The van der Waals surface area contributed by atoms with Gasteiger partial charge in [0.2, 0.25) is 0 Å². The molecule has 1 fully saturated rings. The van der Waals surface area contributed by atoms with Gasteiger partial charge in [0.05, 0.1) is 0 Å². The van der Waals surface area contributed by atoms with Crippen molar-refractivity contribution in [3.05, 3.63) is 83.5 Å². The summed E-state index contributed by atoms with van der Waals surface area (Å²) in [6, 6.07) is 9.06. The van der Waals surface area contributed by atoms with Crippen LogP contribution in [0.1, 0.15) is 83.8 Å². The predicted molar refractivity (Wildman–Crippen MR) is 130 cm³/mol. The number of aryl methyl sites for hydroxylation is 1. The number of allylic oxidation sites excluding steroid dienone is 6. The Morgan fingerprint density at radius 2 is 1.72 bits per heavy atom. The number of rotatable bonds is 9. The van der Waals surface area contributed by atoms with Crippen molar-refractivity contribution in [2.75, 3.05) is 0 Å². The molecule has 1 atom stereocenters. The first-order valence-corrected chi connectivity index (χ1v) is 11.4. The monoisotopic (exact) mass is 390 g/mol. The van der Waals surface area contributed by atoms with Gasteiger partial charge in [-0.3, -0.25) is 0 Å². The summed E-state index contributed by atoms with van der Waals surface area (Å²) in [4.78, 5) is 0. The van der Waals surface area contributed by atoms with Gasteiger partial charge in [-0.05, 0) is 74.3 Å². The average molecular weight is 391 g/mol. The molecule has 1 aliphatic carbocycles. The van der Waals surface area contributed by atoms with Crippen LogP contribution >= 0.6 is 0 Å². The van der Waals surface area contributed by atoms with Crippen molar-refractivity contribution < 1.29 is 0 Å². The van der Waals surface area contributed by atoms with Crippen molar-refractivity contribution in [1.29, 1.82) is 0 Å². The topological polar surface area (TPSA) is 0 Å². The van der Waals surface area contributed by atoms with Crippen molar-refractivity contribution in [3.63, 3.8) is 0 Å². The molecule has 0 aliphatic heterocycles. The van der Waals surface area contributed by atoms with Gasteiger partial charge in [-0.15, -0.1) is 0 Å². The zero-order valence-corrected chi connectivity index (χ0v) is 19.7.